The van der Waals surface area contributed by atoms with Crippen LogP contribution in [0.5, 0.6) is 0 Å². The van der Waals surface area contributed by atoms with Crippen molar-refractivity contribution >= 4 is 27.5 Å². The molecule has 1 rings (SSSR count). The van der Waals surface area contributed by atoms with Gasteiger partial charge in [-0.25, -0.2) is 8.78 Å². The summed E-state index contributed by atoms with van der Waals surface area (Å²) in [4.78, 5) is 11.6. The first-order valence-electron chi connectivity index (χ1n) is 5.99. The predicted molar refractivity (Wildman–Crippen MR) is 75.0 cm³/mol. The first-order chi connectivity index (χ1) is 8.81. The second kappa shape index (κ2) is 6.84. The van der Waals surface area contributed by atoms with Crippen molar-refractivity contribution in [2.45, 2.75) is 26.8 Å². The van der Waals surface area contributed by atoms with Gasteiger partial charge in [0.1, 0.15) is 11.6 Å². The van der Waals surface area contributed by atoms with Crippen LogP contribution < -0.4 is 10.6 Å². The standard InChI is InChI=1S/C13H17BrF2N2O/c1-7(2)8(3)18-12(19)6-17-13-10(14)4-9(15)5-11(13)16/h4-5,7-8,17H,6H2,1-3H3,(H,18,19). The molecule has 0 bridgehead atoms. The molecule has 0 aliphatic carbocycles. The van der Waals surface area contributed by atoms with E-state index in [0.717, 1.165) is 12.1 Å². The first-order valence-corrected chi connectivity index (χ1v) is 6.78. The molecule has 1 aromatic rings. The van der Waals surface area contributed by atoms with Crippen LogP contribution in [0.1, 0.15) is 20.8 Å². The van der Waals surface area contributed by atoms with Crippen LogP contribution in [0.3, 0.4) is 0 Å². The van der Waals surface area contributed by atoms with E-state index in [0.29, 0.717) is 5.92 Å². The highest BCUT2D eigenvalue weighted by Crippen LogP contribution is 2.26. The maximum absolute atomic E-state index is 13.5. The lowest BCUT2D eigenvalue weighted by atomic mass is 10.1. The van der Waals surface area contributed by atoms with E-state index < -0.39 is 11.6 Å². The molecule has 6 heteroatoms. The molecule has 19 heavy (non-hydrogen) atoms. The van der Waals surface area contributed by atoms with E-state index in [-0.39, 0.29) is 28.7 Å². The van der Waals surface area contributed by atoms with E-state index >= 15 is 0 Å². The maximum atomic E-state index is 13.5. The van der Waals surface area contributed by atoms with Crippen LogP contribution in [0, 0.1) is 17.6 Å². The molecule has 0 saturated heterocycles. The molecule has 0 fully saturated rings. The highest BCUT2D eigenvalue weighted by atomic mass is 79.9. The summed E-state index contributed by atoms with van der Waals surface area (Å²) >= 11 is 3.05. The molecule has 1 amide bonds. The second-order valence-electron chi connectivity index (χ2n) is 4.70. The van der Waals surface area contributed by atoms with E-state index in [1.165, 1.54) is 0 Å². The summed E-state index contributed by atoms with van der Waals surface area (Å²) in [5.41, 5.74) is 0.0775. The molecule has 0 aliphatic heterocycles. The Morgan fingerprint density at radius 1 is 1.32 bits per heavy atom. The summed E-state index contributed by atoms with van der Waals surface area (Å²) < 4.78 is 26.6. The quantitative estimate of drug-likeness (QED) is 0.867. The lowest BCUT2D eigenvalue weighted by molar-refractivity contribution is -0.120. The van der Waals surface area contributed by atoms with E-state index in [1.54, 1.807) is 0 Å². The molecule has 0 heterocycles. The normalized spacial score (nSPS) is 12.4. The van der Waals surface area contributed by atoms with Crippen LogP contribution in [-0.2, 0) is 4.79 Å². The smallest absolute Gasteiger partial charge is 0.239 e. The fraction of sp³-hybridized carbons (Fsp3) is 0.462. The number of carbonyl (C=O) groups is 1. The molecule has 2 N–H and O–H groups in total. The van der Waals surface area contributed by atoms with Gasteiger partial charge < -0.3 is 10.6 Å². The number of anilines is 1. The molecule has 106 valence electrons. The van der Waals surface area contributed by atoms with Crippen LogP contribution >= 0.6 is 15.9 Å². The van der Waals surface area contributed by atoms with Crippen molar-refractivity contribution in [2.75, 3.05) is 11.9 Å². The number of amides is 1. The van der Waals surface area contributed by atoms with Gasteiger partial charge in [-0.05, 0) is 34.8 Å². The predicted octanol–water partition coefficient (Wildman–Crippen LogP) is 3.30. The third-order valence-corrected chi connectivity index (χ3v) is 3.45. The number of rotatable bonds is 5. The molecule has 0 saturated carbocycles. The van der Waals surface area contributed by atoms with Gasteiger partial charge >= 0.3 is 0 Å². The van der Waals surface area contributed by atoms with E-state index in [2.05, 4.69) is 26.6 Å². The highest BCUT2D eigenvalue weighted by molar-refractivity contribution is 9.10. The van der Waals surface area contributed by atoms with Crippen LogP contribution in [0.4, 0.5) is 14.5 Å². The van der Waals surface area contributed by atoms with Crippen molar-refractivity contribution in [1.29, 1.82) is 0 Å². The van der Waals surface area contributed by atoms with Crippen molar-refractivity contribution < 1.29 is 13.6 Å². The van der Waals surface area contributed by atoms with Crippen molar-refractivity contribution in [3.05, 3.63) is 28.2 Å². The first kappa shape index (κ1) is 15.9. The topological polar surface area (TPSA) is 41.1 Å². The van der Waals surface area contributed by atoms with E-state index in [1.807, 2.05) is 20.8 Å². The average molecular weight is 335 g/mol. The minimum Gasteiger partial charge on any atom is -0.373 e. The van der Waals surface area contributed by atoms with Gasteiger partial charge in [-0.2, -0.15) is 0 Å². The molecular formula is C13H17BrF2N2O. The van der Waals surface area contributed by atoms with Crippen molar-refractivity contribution in [2.24, 2.45) is 5.92 Å². The van der Waals surface area contributed by atoms with Crippen LogP contribution in [0.15, 0.2) is 16.6 Å². The zero-order valence-corrected chi connectivity index (χ0v) is 12.6. The Bertz CT molecular complexity index is 443. The molecule has 0 aromatic heterocycles. The van der Waals surface area contributed by atoms with Gasteiger partial charge in [0, 0.05) is 16.6 Å². The highest BCUT2D eigenvalue weighted by Gasteiger charge is 2.13. The number of hydrogen-bond acceptors (Lipinski definition) is 2. The Balaban J connectivity index is 2.60. The fourth-order valence-corrected chi connectivity index (χ4v) is 1.90. The monoisotopic (exact) mass is 334 g/mol. The van der Waals surface area contributed by atoms with E-state index in [4.69, 9.17) is 0 Å². The SMILES string of the molecule is CC(C)C(C)NC(=O)CNc1c(F)cc(F)cc1Br. The van der Waals surface area contributed by atoms with Gasteiger partial charge in [-0.3, -0.25) is 4.79 Å². The summed E-state index contributed by atoms with van der Waals surface area (Å²) in [5, 5.41) is 5.44. The minimum atomic E-state index is -0.739. The summed E-state index contributed by atoms with van der Waals surface area (Å²) in [6.45, 7) is 5.82. The molecule has 0 spiro atoms. The Kier molecular flexibility index (Phi) is 5.72. The lowest BCUT2D eigenvalue weighted by Crippen LogP contribution is -2.39. The summed E-state index contributed by atoms with van der Waals surface area (Å²) in [7, 11) is 0. The van der Waals surface area contributed by atoms with E-state index in [9.17, 15) is 13.6 Å². The van der Waals surface area contributed by atoms with Gasteiger partial charge in [-0.15, -0.1) is 0 Å². The molecule has 1 aromatic carbocycles. The Morgan fingerprint density at radius 2 is 1.95 bits per heavy atom. The van der Waals surface area contributed by atoms with Gasteiger partial charge in [0.25, 0.3) is 0 Å². The molecule has 3 nitrogen and oxygen atoms in total. The fourth-order valence-electron chi connectivity index (χ4n) is 1.35. The number of carbonyl (C=O) groups excluding carboxylic acids is 1. The molecule has 1 atom stereocenters. The largest absolute Gasteiger partial charge is 0.373 e. The van der Waals surface area contributed by atoms with Gasteiger partial charge in [-0.1, -0.05) is 13.8 Å². The minimum absolute atomic E-state index is 0.0378. The average Bonchev–Trinajstić information content (AvgIpc) is 2.27. The zero-order valence-electron chi connectivity index (χ0n) is 11.1. The number of hydrogen-bond donors (Lipinski definition) is 2. The number of halogens is 3. The van der Waals surface area contributed by atoms with Gasteiger partial charge in [0.2, 0.25) is 5.91 Å². The van der Waals surface area contributed by atoms with Crippen molar-refractivity contribution in [3.8, 4) is 0 Å². The Hall–Kier alpha value is -1.17. The summed E-state index contributed by atoms with van der Waals surface area (Å²) in [5.74, 6) is -1.33. The molecular weight excluding hydrogens is 318 g/mol. The van der Waals surface area contributed by atoms with Gasteiger partial charge in [0.15, 0.2) is 0 Å². The van der Waals surface area contributed by atoms with Crippen LogP contribution in [0.25, 0.3) is 0 Å². The maximum Gasteiger partial charge on any atom is 0.239 e. The Labute approximate surface area is 119 Å². The molecule has 0 radical (unpaired) electrons. The summed E-state index contributed by atoms with van der Waals surface area (Å²) in [6.07, 6.45) is 0. The third-order valence-electron chi connectivity index (χ3n) is 2.82. The summed E-state index contributed by atoms with van der Waals surface area (Å²) in [6, 6.07) is 1.94. The van der Waals surface area contributed by atoms with Crippen LogP contribution in [0.2, 0.25) is 0 Å². The van der Waals surface area contributed by atoms with Crippen molar-refractivity contribution in [1.82, 2.24) is 5.32 Å². The lowest BCUT2D eigenvalue weighted by Gasteiger charge is -2.18. The number of nitrogens with one attached hydrogen (secondary N) is 2. The van der Waals surface area contributed by atoms with Crippen molar-refractivity contribution in [3.63, 3.8) is 0 Å². The molecule has 1 unspecified atom stereocenters. The molecule has 0 aliphatic rings. The van der Waals surface area contributed by atoms with Crippen LogP contribution in [-0.4, -0.2) is 18.5 Å². The second-order valence-corrected chi connectivity index (χ2v) is 5.55. The third kappa shape index (κ3) is 4.78. The van der Waals surface area contributed by atoms with Gasteiger partial charge in [0.05, 0.1) is 12.2 Å². The Morgan fingerprint density at radius 3 is 2.47 bits per heavy atom. The number of benzene rings is 1. The zero-order chi connectivity index (χ0) is 14.6.